The zero-order valence-electron chi connectivity index (χ0n) is 18.1. The molecule has 1 aliphatic heterocycles. The van der Waals surface area contributed by atoms with Crippen LogP contribution in [0.5, 0.6) is 5.75 Å². The van der Waals surface area contributed by atoms with Crippen molar-refractivity contribution in [2.24, 2.45) is 10.4 Å². The number of nitrogens with one attached hydrogen (secondary N) is 2. The average Bonchev–Trinajstić information content (AvgIpc) is 3.18. The molecule has 1 atom stereocenters. The third-order valence-corrected chi connectivity index (χ3v) is 6.17. The Bertz CT molecular complexity index is 626. The van der Waals surface area contributed by atoms with Gasteiger partial charge in [0.1, 0.15) is 5.75 Å². The van der Waals surface area contributed by atoms with Gasteiger partial charge in [-0.25, -0.2) is 0 Å². The molecule has 2 fully saturated rings. The first-order valence-corrected chi connectivity index (χ1v) is 10.5. The van der Waals surface area contributed by atoms with Gasteiger partial charge in [0.2, 0.25) is 0 Å². The van der Waals surface area contributed by atoms with Gasteiger partial charge in [-0.05, 0) is 36.0 Å². The summed E-state index contributed by atoms with van der Waals surface area (Å²) >= 11 is 0. The fourth-order valence-corrected chi connectivity index (χ4v) is 4.29. The Balaban J connectivity index is 0.00000300. The van der Waals surface area contributed by atoms with Crippen LogP contribution in [0.25, 0.3) is 0 Å². The molecule has 1 heterocycles. The van der Waals surface area contributed by atoms with Gasteiger partial charge in [-0.1, -0.05) is 31.9 Å². The molecular formula is C22H37IN4O2. The molecule has 1 saturated carbocycles. The number of halogens is 1. The highest BCUT2D eigenvalue weighted by Gasteiger charge is 2.29. The Morgan fingerprint density at radius 2 is 1.83 bits per heavy atom. The van der Waals surface area contributed by atoms with Crippen molar-refractivity contribution in [3.05, 3.63) is 29.8 Å². The summed E-state index contributed by atoms with van der Waals surface area (Å²) in [6.45, 7) is 7.65. The van der Waals surface area contributed by atoms with Crippen molar-refractivity contribution in [3.63, 3.8) is 0 Å². The van der Waals surface area contributed by atoms with Crippen LogP contribution in [0, 0.1) is 5.41 Å². The Hall–Kier alpha value is -1.06. The Morgan fingerprint density at radius 1 is 1.17 bits per heavy atom. The van der Waals surface area contributed by atoms with E-state index in [4.69, 9.17) is 9.47 Å². The fourth-order valence-electron chi connectivity index (χ4n) is 4.29. The fraction of sp³-hybridized carbons (Fsp3) is 0.682. The van der Waals surface area contributed by atoms with Gasteiger partial charge in [-0.15, -0.1) is 24.0 Å². The second kappa shape index (κ2) is 12.0. The molecule has 0 amide bonds. The third-order valence-electron chi connectivity index (χ3n) is 6.17. The molecule has 1 aromatic carbocycles. The lowest BCUT2D eigenvalue weighted by molar-refractivity contribution is 0.0170. The van der Waals surface area contributed by atoms with E-state index in [-0.39, 0.29) is 30.0 Å². The summed E-state index contributed by atoms with van der Waals surface area (Å²) in [4.78, 5) is 6.94. The van der Waals surface area contributed by atoms with Crippen molar-refractivity contribution in [3.8, 4) is 5.75 Å². The van der Waals surface area contributed by atoms with Crippen LogP contribution in [-0.4, -0.2) is 64.4 Å². The number of benzene rings is 1. The number of hydrogen-bond donors (Lipinski definition) is 2. The summed E-state index contributed by atoms with van der Waals surface area (Å²) in [5.74, 6) is 1.78. The second-order valence-corrected chi connectivity index (χ2v) is 8.26. The molecule has 29 heavy (non-hydrogen) atoms. The van der Waals surface area contributed by atoms with Crippen molar-refractivity contribution in [1.82, 2.24) is 15.5 Å². The van der Waals surface area contributed by atoms with Crippen LogP contribution >= 0.6 is 24.0 Å². The molecule has 0 bridgehead atoms. The van der Waals surface area contributed by atoms with E-state index in [2.05, 4.69) is 39.6 Å². The minimum Gasteiger partial charge on any atom is -0.497 e. The van der Waals surface area contributed by atoms with Crippen LogP contribution < -0.4 is 15.4 Å². The van der Waals surface area contributed by atoms with Crippen LogP contribution in [-0.2, 0) is 4.74 Å². The van der Waals surface area contributed by atoms with E-state index in [0.717, 1.165) is 51.1 Å². The van der Waals surface area contributed by atoms with Gasteiger partial charge in [0.05, 0.1) is 26.4 Å². The van der Waals surface area contributed by atoms with Crippen LogP contribution in [0.1, 0.15) is 44.2 Å². The van der Waals surface area contributed by atoms with Gasteiger partial charge in [0.15, 0.2) is 5.96 Å². The van der Waals surface area contributed by atoms with E-state index >= 15 is 0 Å². The van der Waals surface area contributed by atoms with Crippen molar-refractivity contribution >= 4 is 29.9 Å². The number of methoxy groups -OCH3 is 1. The number of guanidine groups is 1. The SMILES string of the molecule is CN=C(NCC(c1ccc(OC)cc1)N1CCOCC1)NCC1(C)CCCC1.I. The number of aliphatic imine (C=N–C) groups is 1. The van der Waals surface area contributed by atoms with Crippen molar-refractivity contribution in [2.45, 2.75) is 38.6 Å². The monoisotopic (exact) mass is 516 g/mol. The largest absolute Gasteiger partial charge is 0.497 e. The average molecular weight is 516 g/mol. The van der Waals surface area contributed by atoms with Gasteiger partial charge < -0.3 is 20.1 Å². The van der Waals surface area contributed by atoms with E-state index in [0.29, 0.717) is 5.41 Å². The van der Waals surface area contributed by atoms with Gasteiger partial charge in [-0.2, -0.15) is 0 Å². The standard InChI is InChI=1S/C22H36N4O2.HI/c1-22(10-4-5-11-22)17-25-21(23-2)24-16-20(26-12-14-28-15-13-26)18-6-8-19(27-3)9-7-18;/h6-9,20H,4-5,10-17H2,1-3H3,(H2,23,24,25);1H. The Labute approximate surface area is 192 Å². The molecule has 7 heteroatoms. The van der Waals surface area contributed by atoms with E-state index in [1.165, 1.54) is 31.2 Å². The highest BCUT2D eigenvalue weighted by atomic mass is 127. The predicted octanol–water partition coefficient (Wildman–Crippen LogP) is 3.43. The first-order valence-electron chi connectivity index (χ1n) is 10.5. The van der Waals surface area contributed by atoms with Crippen LogP contribution in [0.4, 0.5) is 0 Å². The van der Waals surface area contributed by atoms with Crippen LogP contribution in [0.2, 0.25) is 0 Å². The summed E-state index contributed by atoms with van der Waals surface area (Å²) in [7, 11) is 3.56. The molecule has 6 nitrogen and oxygen atoms in total. The lowest BCUT2D eigenvalue weighted by atomic mass is 9.89. The van der Waals surface area contributed by atoms with Gasteiger partial charge in [0.25, 0.3) is 0 Å². The van der Waals surface area contributed by atoms with E-state index in [1.807, 2.05) is 19.2 Å². The molecule has 1 aliphatic carbocycles. The molecule has 1 saturated heterocycles. The maximum Gasteiger partial charge on any atom is 0.191 e. The number of nitrogens with zero attached hydrogens (tertiary/aromatic N) is 2. The molecule has 0 spiro atoms. The van der Waals surface area contributed by atoms with Gasteiger partial charge >= 0.3 is 0 Å². The first-order chi connectivity index (χ1) is 13.6. The zero-order valence-corrected chi connectivity index (χ0v) is 20.4. The quantitative estimate of drug-likeness (QED) is 0.331. The molecule has 2 aliphatic rings. The summed E-state index contributed by atoms with van der Waals surface area (Å²) in [6.07, 6.45) is 5.31. The normalized spacial score (nSPS) is 20.6. The Morgan fingerprint density at radius 3 is 2.41 bits per heavy atom. The molecule has 0 aromatic heterocycles. The lowest BCUT2D eigenvalue weighted by Gasteiger charge is -2.35. The van der Waals surface area contributed by atoms with Gasteiger partial charge in [-0.3, -0.25) is 9.89 Å². The smallest absolute Gasteiger partial charge is 0.191 e. The van der Waals surface area contributed by atoms with Crippen LogP contribution in [0.3, 0.4) is 0 Å². The van der Waals surface area contributed by atoms with E-state index in [9.17, 15) is 0 Å². The minimum absolute atomic E-state index is 0. The number of morpholine rings is 1. The molecule has 2 N–H and O–H groups in total. The summed E-state index contributed by atoms with van der Waals surface area (Å²) < 4.78 is 10.9. The third kappa shape index (κ3) is 7.00. The minimum atomic E-state index is 0. The number of rotatable bonds is 7. The molecule has 1 aromatic rings. The molecule has 164 valence electrons. The summed E-state index contributed by atoms with van der Waals surface area (Å²) in [6, 6.07) is 8.68. The molecule has 3 rings (SSSR count). The summed E-state index contributed by atoms with van der Waals surface area (Å²) in [5.41, 5.74) is 1.69. The zero-order chi connectivity index (χ0) is 19.8. The predicted molar refractivity (Wildman–Crippen MR) is 129 cm³/mol. The summed E-state index contributed by atoms with van der Waals surface area (Å²) in [5, 5.41) is 7.12. The van der Waals surface area contributed by atoms with Crippen molar-refractivity contribution < 1.29 is 9.47 Å². The highest BCUT2D eigenvalue weighted by Crippen LogP contribution is 2.36. The Kier molecular flexibility index (Phi) is 9.98. The number of hydrogen-bond acceptors (Lipinski definition) is 4. The molecule has 0 radical (unpaired) electrons. The maximum absolute atomic E-state index is 5.56. The molecule has 1 unspecified atom stereocenters. The van der Waals surface area contributed by atoms with Crippen molar-refractivity contribution in [1.29, 1.82) is 0 Å². The van der Waals surface area contributed by atoms with Crippen molar-refractivity contribution in [2.75, 3.05) is 53.6 Å². The van der Waals surface area contributed by atoms with E-state index in [1.54, 1.807) is 7.11 Å². The maximum atomic E-state index is 5.56. The van der Waals surface area contributed by atoms with E-state index < -0.39 is 0 Å². The first kappa shape index (κ1) is 24.2. The topological polar surface area (TPSA) is 58.1 Å². The lowest BCUT2D eigenvalue weighted by Crippen LogP contribution is -2.47. The second-order valence-electron chi connectivity index (χ2n) is 8.26. The highest BCUT2D eigenvalue weighted by molar-refractivity contribution is 14.0. The van der Waals surface area contributed by atoms with Gasteiger partial charge in [0, 0.05) is 33.2 Å². The van der Waals surface area contributed by atoms with Crippen LogP contribution in [0.15, 0.2) is 29.3 Å². The molecular weight excluding hydrogens is 479 g/mol. The number of ether oxygens (including phenoxy) is 2.